The number of benzene rings is 1. The van der Waals surface area contributed by atoms with E-state index in [0.29, 0.717) is 24.7 Å². The number of carboxylic acids is 2. The highest BCUT2D eigenvalue weighted by Crippen LogP contribution is 2.24. The van der Waals surface area contributed by atoms with E-state index in [1.54, 1.807) is 24.1 Å². The average molecular weight is 522 g/mol. The van der Waals surface area contributed by atoms with Gasteiger partial charge in [0.1, 0.15) is 17.1 Å². The van der Waals surface area contributed by atoms with Crippen molar-refractivity contribution < 1.29 is 46.1 Å². The first-order valence-corrected chi connectivity index (χ1v) is 11.7. The van der Waals surface area contributed by atoms with Gasteiger partial charge >= 0.3 is 18.1 Å². The molecule has 0 unspecified atom stereocenters. The summed E-state index contributed by atoms with van der Waals surface area (Å²) in [5.41, 5.74) is 0.0180. The molecule has 0 aliphatic carbocycles. The minimum Gasteiger partial charge on any atom is -0.494 e. The summed E-state index contributed by atoms with van der Waals surface area (Å²) in [4.78, 5) is 26.5. The van der Waals surface area contributed by atoms with Crippen LogP contribution in [-0.2, 0) is 14.8 Å². The van der Waals surface area contributed by atoms with Crippen molar-refractivity contribution in [1.29, 1.82) is 0 Å². The van der Waals surface area contributed by atoms with Gasteiger partial charge in [0.2, 0.25) is 0 Å². The highest BCUT2D eigenvalue weighted by Gasteiger charge is 2.38. The number of pyridine rings is 1. The fourth-order valence-corrected chi connectivity index (χ4v) is 3.61. The van der Waals surface area contributed by atoms with Gasteiger partial charge in [0, 0.05) is 13.6 Å². The number of sulfonamides is 1. The minimum absolute atomic E-state index is 0.0389. The zero-order valence-corrected chi connectivity index (χ0v) is 20.0. The number of aromatic nitrogens is 1. The van der Waals surface area contributed by atoms with Crippen LogP contribution in [-0.4, -0.2) is 61.9 Å². The van der Waals surface area contributed by atoms with Crippen molar-refractivity contribution in [3.8, 4) is 5.75 Å². The fraction of sp³-hybridized carbons (Fsp3) is 0.381. The Kier molecular flexibility index (Phi) is 10.8. The number of carbonyl (C=O) groups is 2. The molecule has 194 valence electrons. The molecule has 2 rings (SSSR count). The van der Waals surface area contributed by atoms with Crippen LogP contribution < -0.4 is 14.4 Å². The topological polar surface area (TPSA) is 146 Å². The van der Waals surface area contributed by atoms with Crippen LogP contribution in [0.1, 0.15) is 37.0 Å². The zero-order chi connectivity index (χ0) is 26.8. The highest BCUT2D eigenvalue weighted by atomic mass is 32.2. The van der Waals surface area contributed by atoms with Gasteiger partial charge in [0.25, 0.3) is 10.0 Å². The van der Waals surface area contributed by atoms with Crippen LogP contribution in [0.15, 0.2) is 41.4 Å². The molecule has 2 aromatic rings. The zero-order valence-electron chi connectivity index (χ0n) is 19.2. The molecule has 3 N–H and O–H groups in total. The Morgan fingerprint density at radius 2 is 1.71 bits per heavy atom. The smallest absolute Gasteiger partial charge is 0.490 e. The first kappa shape index (κ1) is 29.5. The number of anilines is 2. The molecular formula is C21H26F3N3O7S. The molecule has 1 aromatic carbocycles. The van der Waals surface area contributed by atoms with Crippen LogP contribution in [0.3, 0.4) is 0 Å². The summed E-state index contributed by atoms with van der Waals surface area (Å²) >= 11 is 0. The van der Waals surface area contributed by atoms with E-state index in [4.69, 9.17) is 14.6 Å². The molecule has 0 spiro atoms. The number of aromatic carboxylic acids is 1. The van der Waals surface area contributed by atoms with Crippen LogP contribution >= 0.6 is 0 Å². The predicted octanol–water partition coefficient (Wildman–Crippen LogP) is 3.85. The van der Waals surface area contributed by atoms with Crippen molar-refractivity contribution in [1.82, 2.24) is 4.98 Å². The second-order valence-corrected chi connectivity index (χ2v) is 8.67. The third kappa shape index (κ3) is 9.31. The summed E-state index contributed by atoms with van der Waals surface area (Å²) in [6.45, 7) is 5.01. The van der Waals surface area contributed by atoms with Crippen LogP contribution in [0.4, 0.5) is 24.7 Å². The van der Waals surface area contributed by atoms with Gasteiger partial charge < -0.3 is 19.8 Å². The molecule has 0 atom stereocenters. The number of hydrogen-bond acceptors (Lipinski definition) is 7. The van der Waals surface area contributed by atoms with Gasteiger partial charge in [-0.1, -0.05) is 13.3 Å². The van der Waals surface area contributed by atoms with Crippen molar-refractivity contribution in [2.75, 3.05) is 29.8 Å². The second-order valence-electron chi connectivity index (χ2n) is 6.99. The second kappa shape index (κ2) is 12.8. The molecule has 0 aliphatic rings. The van der Waals surface area contributed by atoms with Gasteiger partial charge in [0.05, 0.1) is 23.4 Å². The van der Waals surface area contributed by atoms with Gasteiger partial charge in [-0.2, -0.15) is 13.2 Å². The monoisotopic (exact) mass is 521 g/mol. The highest BCUT2D eigenvalue weighted by molar-refractivity contribution is 7.92. The molecule has 10 nitrogen and oxygen atoms in total. The summed E-state index contributed by atoms with van der Waals surface area (Å²) in [6, 6.07) is 7.24. The van der Waals surface area contributed by atoms with Crippen molar-refractivity contribution in [2.45, 2.75) is 37.8 Å². The van der Waals surface area contributed by atoms with Crippen LogP contribution in [0.5, 0.6) is 5.75 Å². The van der Waals surface area contributed by atoms with Crippen molar-refractivity contribution >= 4 is 33.5 Å². The van der Waals surface area contributed by atoms with E-state index in [1.807, 2.05) is 13.8 Å². The summed E-state index contributed by atoms with van der Waals surface area (Å²) in [5.74, 6) is -3.07. The first-order valence-electron chi connectivity index (χ1n) is 10.2. The summed E-state index contributed by atoms with van der Waals surface area (Å²) in [7, 11) is -2.13. The summed E-state index contributed by atoms with van der Waals surface area (Å²) in [5, 5.41) is 16.6. The number of nitrogens with one attached hydrogen (secondary N) is 1. The lowest BCUT2D eigenvalue weighted by molar-refractivity contribution is -0.192. The number of nitrogens with zero attached hydrogens (tertiary/aromatic N) is 2. The maximum Gasteiger partial charge on any atom is 0.490 e. The lowest BCUT2D eigenvalue weighted by atomic mass is 10.2. The quantitative estimate of drug-likeness (QED) is 0.424. The molecule has 1 aromatic heterocycles. The Hall–Kier alpha value is -3.55. The molecular weight excluding hydrogens is 495 g/mol. The fourth-order valence-electron chi connectivity index (χ4n) is 2.57. The van der Waals surface area contributed by atoms with E-state index < -0.39 is 28.1 Å². The number of alkyl halides is 3. The molecule has 0 aliphatic heterocycles. The maximum atomic E-state index is 12.6. The van der Waals surface area contributed by atoms with Crippen molar-refractivity contribution in [2.24, 2.45) is 0 Å². The Morgan fingerprint density at radius 1 is 1.14 bits per heavy atom. The van der Waals surface area contributed by atoms with Crippen LogP contribution in [0.25, 0.3) is 0 Å². The number of ether oxygens (including phenoxy) is 1. The largest absolute Gasteiger partial charge is 0.494 e. The number of unbranched alkanes of at least 4 members (excludes halogenated alkanes) is 1. The molecule has 0 amide bonds. The molecule has 0 fully saturated rings. The first-order chi connectivity index (χ1) is 16.2. The normalized spacial score (nSPS) is 11.1. The molecule has 0 saturated heterocycles. The van der Waals surface area contributed by atoms with E-state index >= 15 is 0 Å². The summed E-state index contributed by atoms with van der Waals surface area (Å²) in [6.07, 6.45) is -1.91. The third-order valence-corrected chi connectivity index (χ3v) is 5.64. The van der Waals surface area contributed by atoms with Crippen molar-refractivity contribution in [3.63, 3.8) is 0 Å². The van der Waals surface area contributed by atoms with E-state index in [0.717, 1.165) is 12.8 Å². The third-order valence-electron chi connectivity index (χ3n) is 4.25. The Labute approximate surface area is 200 Å². The lowest BCUT2D eigenvalue weighted by Gasteiger charge is -2.20. The molecule has 14 heteroatoms. The number of rotatable bonds is 10. The van der Waals surface area contributed by atoms with Gasteiger partial charge in [-0.25, -0.2) is 23.0 Å². The number of hydrogen-bond donors (Lipinski definition) is 3. The Morgan fingerprint density at radius 3 is 2.17 bits per heavy atom. The van der Waals surface area contributed by atoms with Gasteiger partial charge in [0.15, 0.2) is 0 Å². The number of aliphatic carboxylic acids is 1. The van der Waals surface area contributed by atoms with Crippen LogP contribution in [0, 0.1) is 0 Å². The Balaban J connectivity index is 0.000000762. The predicted molar refractivity (Wildman–Crippen MR) is 121 cm³/mol. The van der Waals surface area contributed by atoms with E-state index in [2.05, 4.69) is 9.71 Å². The lowest BCUT2D eigenvalue weighted by Crippen LogP contribution is -2.23. The SMILES string of the molecule is CCCCN(C)c1ncc(NS(=O)(=O)c2ccc(OCC)cc2)cc1C(=O)O.O=C(O)C(F)(F)F. The minimum atomic E-state index is -5.08. The van der Waals surface area contributed by atoms with E-state index in [9.17, 15) is 31.5 Å². The van der Waals surface area contributed by atoms with Gasteiger partial charge in [-0.3, -0.25) is 4.72 Å². The van der Waals surface area contributed by atoms with Crippen LogP contribution in [0.2, 0.25) is 0 Å². The standard InChI is InChI=1S/C19H25N3O5S.C2HF3O2/c1-4-6-11-22(3)18-17(19(23)24)12-14(13-20-18)21-28(25,26)16-9-7-15(8-10-16)27-5-2;3-2(4,5)1(6)7/h7-10,12-13,21H,4-6,11H2,1-3H3,(H,23,24);(H,6,7). The van der Waals surface area contributed by atoms with Crippen molar-refractivity contribution in [3.05, 3.63) is 42.1 Å². The van der Waals surface area contributed by atoms with Gasteiger partial charge in [-0.05, 0) is 43.7 Å². The number of halogens is 3. The average Bonchev–Trinajstić information content (AvgIpc) is 2.77. The molecule has 35 heavy (non-hydrogen) atoms. The molecule has 1 heterocycles. The number of carboxylic acid groups (broad SMARTS) is 2. The summed E-state index contributed by atoms with van der Waals surface area (Å²) < 4.78 is 64.6. The van der Waals surface area contributed by atoms with E-state index in [-0.39, 0.29) is 16.1 Å². The molecule has 0 radical (unpaired) electrons. The Bertz CT molecular complexity index is 1110. The van der Waals surface area contributed by atoms with E-state index in [1.165, 1.54) is 24.4 Å². The molecule has 0 bridgehead atoms. The van der Waals surface area contributed by atoms with Gasteiger partial charge in [-0.15, -0.1) is 0 Å². The molecule has 0 saturated carbocycles. The maximum absolute atomic E-state index is 12.6.